The molecule has 1 aromatic rings. The van der Waals surface area contributed by atoms with E-state index in [0.29, 0.717) is 18.6 Å². The molecule has 32 heavy (non-hydrogen) atoms. The zero-order valence-corrected chi connectivity index (χ0v) is 20.3. The summed E-state index contributed by atoms with van der Waals surface area (Å²) in [5.41, 5.74) is 5.31. The molecule has 1 N–H and O–H groups in total. The predicted octanol–water partition coefficient (Wildman–Crippen LogP) is 3.55. The molecule has 0 aromatic carbocycles. The second kappa shape index (κ2) is 10.7. The molecule has 2 atom stereocenters. The van der Waals surface area contributed by atoms with Gasteiger partial charge in [-0.3, -0.25) is 14.8 Å². The summed E-state index contributed by atoms with van der Waals surface area (Å²) in [4.78, 5) is 11.9. The van der Waals surface area contributed by atoms with E-state index in [-0.39, 0.29) is 0 Å². The van der Waals surface area contributed by atoms with Crippen LogP contribution >= 0.6 is 0 Å². The van der Waals surface area contributed by atoms with Gasteiger partial charge in [-0.05, 0) is 89.6 Å². The Balaban J connectivity index is 1.39. The lowest BCUT2D eigenvalue weighted by Gasteiger charge is -2.36. The number of pyridine rings is 1. The first kappa shape index (κ1) is 23.0. The summed E-state index contributed by atoms with van der Waals surface area (Å²) >= 11 is 0. The highest BCUT2D eigenvalue weighted by Crippen LogP contribution is 2.37. The maximum absolute atomic E-state index is 4.25. The molecule has 2 saturated heterocycles. The van der Waals surface area contributed by atoms with Crippen LogP contribution in [0.5, 0.6) is 0 Å². The van der Waals surface area contributed by atoms with E-state index in [4.69, 9.17) is 0 Å². The molecule has 2 fully saturated rings. The molecule has 1 aromatic heterocycles. The van der Waals surface area contributed by atoms with Crippen LogP contribution in [0.4, 0.5) is 5.69 Å². The Morgan fingerprint density at radius 3 is 2.78 bits per heavy atom. The van der Waals surface area contributed by atoms with Crippen LogP contribution in [0.3, 0.4) is 0 Å². The third-order valence-electron chi connectivity index (χ3n) is 7.30. The average Bonchev–Trinajstić information content (AvgIpc) is 3.15. The summed E-state index contributed by atoms with van der Waals surface area (Å²) in [5.74, 6) is 6.98. The summed E-state index contributed by atoms with van der Waals surface area (Å²) in [6, 6.07) is 5.67. The molecule has 5 nitrogen and oxygen atoms in total. The molecule has 3 aliphatic rings. The molecule has 0 saturated carbocycles. The van der Waals surface area contributed by atoms with E-state index >= 15 is 0 Å². The van der Waals surface area contributed by atoms with Gasteiger partial charge in [-0.1, -0.05) is 30.9 Å². The van der Waals surface area contributed by atoms with Crippen LogP contribution in [0.2, 0.25) is 0 Å². The highest BCUT2D eigenvalue weighted by molar-refractivity contribution is 5.44. The number of likely N-dealkylation sites (tertiary alicyclic amines) is 2. The van der Waals surface area contributed by atoms with E-state index in [1.54, 1.807) is 11.1 Å². The van der Waals surface area contributed by atoms with Gasteiger partial charge in [0.15, 0.2) is 0 Å². The van der Waals surface area contributed by atoms with Crippen molar-refractivity contribution >= 4 is 5.69 Å². The van der Waals surface area contributed by atoms with Crippen LogP contribution in [0.15, 0.2) is 41.6 Å². The van der Waals surface area contributed by atoms with Gasteiger partial charge < -0.3 is 10.2 Å². The zero-order chi connectivity index (χ0) is 22.5. The van der Waals surface area contributed by atoms with Crippen molar-refractivity contribution in [1.82, 2.24) is 19.7 Å². The predicted molar refractivity (Wildman–Crippen MR) is 134 cm³/mol. The van der Waals surface area contributed by atoms with Crippen LogP contribution < -0.4 is 5.32 Å². The Bertz CT molecular complexity index is 898. The Morgan fingerprint density at radius 1 is 1.25 bits per heavy atom. The van der Waals surface area contributed by atoms with Crippen LogP contribution in [-0.4, -0.2) is 84.6 Å². The van der Waals surface area contributed by atoms with E-state index < -0.39 is 0 Å². The second-order valence-corrected chi connectivity index (χ2v) is 9.59. The minimum absolute atomic E-state index is 0.329. The molecule has 3 heterocycles. The Kier molecular flexibility index (Phi) is 7.67. The van der Waals surface area contributed by atoms with Crippen LogP contribution in [0.1, 0.15) is 38.3 Å². The van der Waals surface area contributed by atoms with Crippen molar-refractivity contribution in [1.29, 1.82) is 0 Å². The van der Waals surface area contributed by atoms with Gasteiger partial charge in [-0.2, -0.15) is 0 Å². The number of aromatic nitrogens is 1. The molecular weight excluding hydrogens is 394 g/mol. The van der Waals surface area contributed by atoms with Gasteiger partial charge in [0.1, 0.15) is 0 Å². The number of rotatable bonds is 6. The smallest absolute Gasteiger partial charge is 0.0766 e. The third kappa shape index (κ3) is 5.43. The number of likely N-dealkylation sites (N-methyl/N-ethyl adjacent to an activating group) is 1. The van der Waals surface area contributed by atoms with Crippen molar-refractivity contribution in [2.75, 3.05) is 52.1 Å². The summed E-state index contributed by atoms with van der Waals surface area (Å²) in [5, 5.41) is 3.41. The lowest BCUT2D eigenvalue weighted by molar-refractivity contribution is 0.153. The summed E-state index contributed by atoms with van der Waals surface area (Å²) in [6.07, 6.45) is 11.4. The van der Waals surface area contributed by atoms with Crippen molar-refractivity contribution in [2.45, 2.75) is 57.7 Å². The standard InChI is InChI=1S/C27H39N5/c1-5-32-25(9-7-14-29-23-11-15-28-21(2)18-23)19-26-22(8-6-10-27(26)32)20-31-16-12-24(13-17-31)30(3)4/h6,8,11,15,18,24-25,27H,5,10,12-14,16-17,19-20H2,1-4H3,(H,28,29). The maximum atomic E-state index is 4.25. The monoisotopic (exact) mass is 433 g/mol. The summed E-state index contributed by atoms with van der Waals surface area (Å²) in [7, 11) is 4.43. The number of nitrogens with one attached hydrogen (secondary N) is 1. The van der Waals surface area contributed by atoms with Gasteiger partial charge in [0.05, 0.1) is 12.6 Å². The topological polar surface area (TPSA) is 34.6 Å². The van der Waals surface area contributed by atoms with Crippen molar-refractivity contribution < 1.29 is 0 Å². The molecule has 2 aliphatic heterocycles. The molecular formula is C27H39N5. The summed E-state index contributed by atoms with van der Waals surface area (Å²) in [6.45, 7) is 9.54. The number of hydrogen-bond acceptors (Lipinski definition) is 5. The van der Waals surface area contributed by atoms with Crippen molar-refractivity contribution in [3.05, 3.63) is 47.3 Å². The van der Waals surface area contributed by atoms with E-state index in [1.165, 1.54) is 25.9 Å². The van der Waals surface area contributed by atoms with Gasteiger partial charge in [0.25, 0.3) is 0 Å². The first-order chi connectivity index (χ1) is 15.5. The van der Waals surface area contributed by atoms with Crippen molar-refractivity contribution in [2.24, 2.45) is 0 Å². The van der Waals surface area contributed by atoms with Crippen molar-refractivity contribution in [3.63, 3.8) is 0 Å². The fourth-order valence-corrected chi connectivity index (χ4v) is 5.48. The number of nitrogens with zero attached hydrogens (tertiary/aromatic N) is 4. The fraction of sp³-hybridized carbons (Fsp3) is 0.593. The summed E-state index contributed by atoms with van der Waals surface area (Å²) < 4.78 is 0. The number of anilines is 1. The highest BCUT2D eigenvalue weighted by atomic mass is 15.2. The van der Waals surface area contributed by atoms with E-state index in [1.807, 2.05) is 19.2 Å². The first-order valence-electron chi connectivity index (χ1n) is 12.2. The van der Waals surface area contributed by atoms with Gasteiger partial charge in [-0.25, -0.2) is 0 Å². The van der Waals surface area contributed by atoms with Crippen LogP contribution in [-0.2, 0) is 0 Å². The number of fused-ring (bicyclic) bond motifs is 1. The van der Waals surface area contributed by atoms with E-state index in [9.17, 15) is 0 Å². The molecule has 0 radical (unpaired) electrons. The Morgan fingerprint density at radius 2 is 2.06 bits per heavy atom. The molecule has 172 valence electrons. The van der Waals surface area contributed by atoms with E-state index in [2.05, 4.69) is 76.1 Å². The van der Waals surface area contributed by atoms with E-state index in [0.717, 1.165) is 43.4 Å². The van der Waals surface area contributed by atoms with Crippen LogP contribution in [0.25, 0.3) is 0 Å². The zero-order valence-electron chi connectivity index (χ0n) is 20.3. The largest absolute Gasteiger partial charge is 0.374 e. The minimum Gasteiger partial charge on any atom is -0.374 e. The third-order valence-corrected chi connectivity index (χ3v) is 7.30. The molecule has 0 spiro atoms. The number of aryl methyl sites for hydroxylation is 1. The Labute approximate surface area is 194 Å². The van der Waals surface area contributed by atoms with Gasteiger partial charge >= 0.3 is 0 Å². The highest BCUT2D eigenvalue weighted by Gasteiger charge is 2.37. The quantitative estimate of drug-likeness (QED) is 0.694. The molecule has 2 unspecified atom stereocenters. The van der Waals surface area contributed by atoms with Gasteiger partial charge in [-0.15, -0.1) is 0 Å². The van der Waals surface area contributed by atoms with Crippen LogP contribution in [0, 0.1) is 18.8 Å². The molecule has 1 aliphatic carbocycles. The minimum atomic E-state index is 0.329. The second-order valence-electron chi connectivity index (χ2n) is 9.59. The van der Waals surface area contributed by atoms with Gasteiger partial charge in [0, 0.05) is 36.2 Å². The number of piperidine rings is 1. The normalized spacial score (nSPS) is 24.5. The molecule has 5 heteroatoms. The van der Waals surface area contributed by atoms with Gasteiger partial charge in [0.2, 0.25) is 0 Å². The lowest BCUT2D eigenvalue weighted by atomic mass is 9.91. The number of hydrogen-bond donors (Lipinski definition) is 1. The first-order valence-corrected chi connectivity index (χ1v) is 12.2. The maximum Gasteiger partial charge on any atom is 0.0766 e. The molecule has 4 rings (SSSR count). The van der Waals surface area contributed by atoms with Crippen molar-refractivity contribution in [3.8, 4) is 11.8 Å². The SMILES string of the molecule is CCN1C(C#CCNc2ccnc(C)c2)CC2=C(CN3CCC(N(C)C)CC3)C=CCC21. The molecule has 0 bridgehead atoms. The Hall–Kier alpha value is -2.13. The average molecular weight is 434 g/mol. The lowest BCUT2D eigenvalue weighted by Crippen LogP contribution is -2.43. The fourth-order valence-electron chi connectivity index (χ4n) is 5.48. The molecule has 0 amide bonds.